The van der Waals surface area contributed by atoms with Gasteiger partial charge in [-0.25, -0.2) is 22.0 Å². The highest BCUT2D eigenvalue weighted by molar-refractivity contribution is 5.95. The van der Waals surface area contributed by atoms with Gasteiger partial charge in [-0.3, -0.25) is 9.59 Å². The Bertz CT molecular complexity index is 1230. The summed E-state index contributed by atoms with van der Waals surface area (Å²) in [6.07, 6.45) is -3.36. The number of benzene rings is 2. The quantitative estimate of drug-likeness (QED) is 0.613. The Hall–Kier alpha value is -3.27. The third kappa shape index (κ3) is 3.56. The van der Waals surface area contributed by atoms with E-state index in [2.05, 4.69) is 10.3 Å². The van der Waals surface area contributed by atoms with Crippen molar-refractivity contribution in [3.8, 4) is 0 Å². The predicted octanol–water partition coefficient (Wildman–Crippen LogP) is 3.80. The van der Waals surface area contributed by atoms with Crippen LogP contribution in [-0.2, 0) is 6.54 Å². The van der Waals surface area contributed by atoms with E-state index in [1.165, 1.54) is 24.1 Å². The summed E-state index contributed by atoms with van der Waals surface area (Å²) in [4.78, 5) is 29.1. The van der Waals surface area contributed by atoms with Crippen molar-refractivity contribution in [2.45, 2.75) is 19.0 Å². The topological polar surface area (TPSA) is 65.2 Å². The molecule has 1 atom stereocenters. The Labute approximate surface area is 172 Å². The molecule has 1 aromatic heterocycles. The lowest BCUT2D eigenvalue weighted by Crippen LogP contribution is -2.42. The molecular formula is C21H16F5N3O2. The molecule has 0 spiro atoms. The number of hydrogen-bond donors (Lipinski definition) is 2. The minimum atomic E-state index is -3.36. The van der Waals surface area contributed by atoms with Crippen molar-refractivity contribution in [1.82, 2.24) is 15.2 Å². The number of nitrogens with one attached hydrogen (secondary N) is 2. The summed E-state index contributed by atoms with van der Waals surface area (Å²) in [5.41, 5.74) is -1.26. The van der Waals surface area contributed by atoms with E-state index in [0.717, 1.165) is 6.07 Å². The van der Waals surface area contributed by atoms with E-state index >= 15 is 0 Å². The largest absolute Gasteiger partial charge is 0.333 e. The van der Waals surface area contributed by atoms with E-state index in [1.807, 2.05) is 0 Å². The molecule has 2 heterocycles. The summed E-state index contributed by atoms with van der Waals surface area (Å²) < 4.78 is 67.2. The van der Waals surface area contributed by atoms with Crippen LogP contribution in [0.25, 0.3) is 10.8 Å². The van der Waals surface area contributed by atoms with Gasteiger partial charge in [-0.2, -0.15) is 0 Å². The maximum absolute atomic E-state index is 14.0. The Morgan fingerprint density at radius 3 is 2.42 bits per heavy atom. The van der Waals surface area contributed by atoms with Crippen LogP contribution in [0.15, 0.2) is 35.1 Å². The smallest absolute Gasteiger partial charge is 0.269 e. The molecule has 4 rings (SSSR count). The fourth-order valence-electron chi connectivity index (χ4n) is 3.92. The van der Waals surface area contributed by atoms with Crippen molar-refractivity contribution in [1.29, 1.82) is 0 Å². The van der Waals surface area contributed by atoms with Crippen LogP contribution < -0.4 is 10.9 Å². The highest BCUT2D eigenvalue weighted by Crippen LogP contribution is 2.33. The molecule has 0 saturated heterocycles. The number of rotatable bonds is 3. The van der Waals surface area contributed by atoms with Gasteiger partial charge in [0.2, 0.25) is 0 Å². The number of nitrogens with zero attached hydrogens (tertiary/aromatic N) is 1. The Kier molecular flexibility index (Phi) is 5.26. The van der Waals surface area contributed by atoms with Gasteiger partial charge in [-0.1, -0.05) is 6.07 Å². The Balaban J connectivity index is 1.79. The van der Waals surface area contributed by atoms with Crippen molar-refractivity contribution >= 4 is 16.7 Å². The lowest BCUT2D eigenvalue weighted by Gasteiger charge is -2.34. The Morgan fingerprint density at radius 2 is 1.77 bits per heavy atom. The second-order valence-corrected chi connectivity index (χ2v) is 7.25. The van der Waals surface area contributed by atoms with Crippen molar-refractivity contribution < 1.29 is 26.7 Å². The van der Waals surface area contributed by atoms with Crippen LogP contribution in [0.2, 0.25) is 0 Å². The summed E-state index contributed by atoms with van der Waals surface area (Å²) in [6, 6.07) is 4.18. The molecule has 0 radical (unpaired) electrons. The van der Waals surface area contributed by atoms with Crippen molar-refractivity contribution in [3.05, 3.63) is 80.5 Å². The number of fused-ring (bicyclic) bond motifs is 3. The number of amides is 1. The maximum atomic E-state index is 14.0. The van der Waals surface area contributed by atoms with Crippen LogP contribution in [0.1, 0.15) is 39.6 Å². The van der Waals surface area contributed by atoms with Crippen LogP contribution in [0.5, 0.6) is 0 Å². The van der Waals surface area contributed by atoms with Gasteiger partial charge in [-0.15, -0.1) is 0 Å². The molecule has 5 nitrogen and oxygen atoms in total. The van der Waals surface area contributed by atoms with Crippen LogP contribution >= 0.6 is 0 Å². The summed E-state index contributed by atoms with van der Waals surface area (Å²) in [5, 5.41) is 3.59. The van der Waals surface area contributed by atoms with E-state index in [1.54, 1.807) is 0 Å². The molecule has 31 heavy (non-hydrogen) atoms. The van der Waals surface area contributed by atoms with E-state index < -0.39 is 52.5 Å². The lowest BCUT2D eigenvalue weighted by molar-refractivity contribution is 0.0721. The van der Waals surface area contributed by atoms with Gasteiger partial charge in [0.1, 0.15) is 17.5 Å². The first-order chi connectivity index (χ1) is 14.7. The van der Waals surface area contributed by atoms with Crippen LogP contribution in [0.4, 0.5) is 22.0 Å². The third-order valence-electron chi connectivity index (χ3n) is 5.41. The zero-order valence-electron chi connectivity index (χ0n) is 16.1. The number of alkyl halides is 2. The van der Waals surface area contributed by atoms with Crippen LogP contribution in [0.3, 0.4) is 0 Å². The fraction of sp³-hybridized carbons (Fsp3) is 0.238. The maximum Gasteiger partial charge on any atom is 0.269 e. The normalized spacial score (nSPS) is 15.9. The molecule has 1 amide bonds. The molecule has 0 unspecified atom stereocenters. The number of carbonyl (C=O) groups is 1. The van der Waals surface area contributed by atoms with E-state index in [0.29, 0.717) is 35.3 Å². The Morgan fingerprint density at radius 1 is 1.10 bits per heavy atom. The average molecular weight is 437 g/mol. The molecule has 0 bridgehead atoms. The standard InChI is InChI=1S/C21H16F5N3O2/c1-29(21(31)9-4-13(23)18(19(25)26)14(24)5-9)16-8-27-7-15-17(16)11-3-2-10(22)6-12(11)20(30)28-15/h2-6,16,19,27H,7-8H2,1H3,(H,28,30)/t16-/m0/s1. The highest BCUT2D eigenvalue weighted by Gasteiger charge is 2.31. The number of likely N-dealkylation sites (N-methyl/N-ethyl adjacent to an activating group) is 1. The monoisotopic (exact) mass is 437 g/mol. The molecule has 1 aliphatic rings. The molecule has 0 aliphatic carbocycles. The summed E-state index contributed by atoms with van der Waals surface area (Å²) in [6.45, 7) is 0.538. The third-order valence-corrected chi connectivity index (χ3v) is 5.41. The van der Waals surface area contributed by atoms with Gasteiger partial charge in [0.15, 0.2) is 0 Å². The second kappa shape index (κ2) is 7.77. The first-order valence-electron chi connectivity index (χ1n) is 9.28. The summed E-state index contributed by atoms with van der Waals surface area (Å²) in [7, 11) is 1.39. The molecule has 2 N–H and O–H groups in total. The van der Waals surface area contributed by atoms with Gasteiger partial charge in [-0.05, 0) is 29.7 Å². The molecule has 162 valence electrons. The van der Waals surface area contributed by atoms with E-state index in [9.17, 15) is 31.5 Å². The number of pyridine rings is 1. The zero-order chi connectivity index (χ0) is 22.4. The molecule has 1 aliphatic heterocycles. The number of carbonyl (C=O) groups excluding carboxylic acids is 1. The van der Waals surface area contributed by atoms with Gasteiger partial charge in [0.05, 0.1) is 17.0 Å². The highest BCUT2D eigenvalue weighted by atomic mass is 19.3. The second-order valence-electron chi connectivity index (χ2n) is 7.25. The number of aromatic nitrogens is 1. The molecular weight excluding hydrogens is 421 g/mol. The first-order valence-corrected chi connectivity index (χ1v) is 9.28. The number of hydrogen-bond acceptors (Lipinski definition) is 3. The van der Waals surface area contributed by atoms with Gasteiger partial charge < -0.3 is 15.2 Å². The zero-order valence-corrected chi connectivity index (χ0v) is 16.1. The fourth-order valence-corrected chi connectivity index (χ4v) is 3.92. The lowest BCUT2D eigenvalue weighted by atomic mass is 9.93. The minimum absolute atomic E-state index is 0.102. The molecule has 2 aromatic carbocycles. The number of H-pyrrole nitrogens is 1. The average Bonchev–Trinajstić information content (AvgIpc) is 2.71. The molecule has 0 fully saturated rings. The van der Waals surface area contributed by atoms with Crippen molar-refractivity contribution in [2.75, 3.05) is 13.6 Å². The van der Waals surface area contributed by atoms with Crippen LogP contribution in [-0.4, -0.2) is 29.4 Å². The summed E-state index contributed by atoms with van der Waals surface area (Å²) >= 11 is 0. The predicted molar refractivity (Wildman–Crippen MR) is 102 cm³/mol. The number of halogens is 5. The SMILES string of the molecule is CN(C(=O)c1cc(F)c(C(F)F)c(F)c1)[C@H]1CNCc2[nH]c(=O)c3cc(F)ccc3c21. The molecule has 3 aromatic rings. The summed E-state index contributed by atoms with van der Waals surface area (Å²) in [5.74, 6) is -4.43. The van der Waals surface area contributed by atoms with Crippen molar-refractivity contribution in [2.24, 2.45) is 0 Å². The number of aromatic amines is 1. The van der Waals surface area contributed by atoms with Crippen LogP contribution in [0, 0.1) is 17.5 Å². The minimum Gasteiger partial charge on any atom is -0.333 e. The van der Waals surface area contributed by atoms with Gasteiger partial charge in [0.25, 0.3) is 17.9 Å². The van der Waals surface area contributed by atoms with E-state index in [4.69, 9.17) is 0 Å². The van der Waals surface area contributed by atoms with Gasteiger partial charge >= 0.3 is 0 Å². The van der Waals surface area contributed by atoms with E-state index in [-0.39, 0.29) is 11.9 Å². The molecule has 10 heteroatoms. The van der Waals surface area contributed by atoms with Crippen molar-refractivity contribution in [3.63, 3.8) is 0 Å². The molecule has 0 saturated carbocycles. The first kappa shape index (κ1) is 21.0. The van der Waals surface area contributed by atoms with Gasteiger partial charge in [0, 0.05) is 37.0 Å².